The number of ether oxygens (including phenoxy) is 2. The second kappa shape index (κ2) is 9.90. The quantitative estimate of drug-likeness (QED) is 0.504. The molecule has 2 N–H and O–H groups in total. The molecule has 32 heavy (non-hydrogen) atoms. The molecular weight excluding hydrogens is 434 g/mol. The van der Waals surface area contributed by atoms with Crippen LogP contribution in [0.2, 0.25) is 0 Å². The number of pyridine rings is 1. The van der Waals surface area contributed by atoms with Gasteiger partial charge in [-0.2, -0.15) is 18.3 Å². The number of aromatic nitrogens is 3. The zero-order valence-electron chi connectivity index (χ0n) is 16.6. The third-order valence-electron chi connectivity index (χ3n) is 3.90. The molecule has 3 rings (SSSR count). The lowest BCUT2D eigenvalue weighted by Crippen LogP contribution is -2.19. The third kappa shape index (κ3) is 6.52. The summed E-state index contributed by atoms with van der Waals surface area (Å²) in [6, 6.07) is 9.72. The van der Waals surface area contributed by atoms with Gasteiger partial charge in [0.15, 0.2) is 18.2 Å². The summed E-state index contributed by atoms with van der Waals surface area (Å²) in [4.78, 5) is 15.5. The molecule has 0 saturated carbocycles. The van der Waals surface area contributed by atoms with Crippen molar-refractivity contribution in [1.29, 1.82) is 0 Å². The molecule has 0 bridgehead atoms. The second-order valence-corrected chi connectivity index (χ2v) is 6.32. The van der Waals surface area contributed by atoms with Gasteiger partial charge in [0, 0.05) is 37.1 Å². The SMILES string of the molecule is CNC(=O)c1cc(Oc2ccc(NCc3ccc(OCC(F)(F)F)nn3)cc2F)ccn1. The first-order chi connectivity index (χ1) is 15.2. The van der Waals surface area contributed by atoms with Crippen molar-refractivity contribution in [2.45, 2.75) is 12.7 Å². The first kappa shape index (κ1) is 22.7. The highest BCUT2D eigenvalue weighted by atomic mass is 19.4. The van der Waals surface area contributed by atoms with Crippen LogP contribution in [-0.2, 0) is 6.54 Å². The highest BCUT2D eigenvalue weighted by Gasteiger charge is 2.28. The normalized spacial score (nSPS) is 11.0. The minimum Gasteiger partial charge on any atom is -0.467 e. The van der Waals surface area contributed by atoms with E-state index in [4.69, 9.17) is 4.74 Å². The monoisotopic (exact) mass is 451 g/mol. The van der Waals surface area contributed by atoms with Crippen molar-refractivity contribution in [2.75, 3.05) is 19.0 Å². The Labute approximate surface area is 179 Å². The molecule has 12 heteroatoms. The van der Waals surface area contributed by atoms with Crippen LogP contribution < -0.4 is 20.1 Å². The fraction of sp³-hybridized carbons (Fsp3) is 0.200. The maximum Gasteiger partial charge on any atom is 0.422 e. The van der Waals surface area contributed by atoms with Crippen molar-refractivity contribution >= 4 is 11.6 Å². The van der Waals surface area contributed by atoms with Crippen LogP contribution in [0.4, 0.5) is 23.2 Å². The van der Waals surface area contributed by atoms with Crippen molar-refractivity contribution in [1.82, 2.24) is 20.5 Å². The van der Waals surface area contributed by atoms with Crippen LogP contribution in [0.3, 0.4) is 0 Å². The van der Waals surface area contributed by atoms with E-state index in [1.807, 2.05) is 0 Å². The number of amides is 1. The van der Waals surface area contributed by atoms with Crippen molar-refractivity contribution in [3.8, 4) is 17.4 Å². The largest absolute Gasteiger partial charge is 0.467 e. The molecular formula is C20H17F4N5O3. The van der Waals surface area contributed by atoms with Crippen LogP contribution in [0.5, 0.6) is 17.4 Å². The number of carbonyl (C=O) groups is 1. The molecule has 0 aliphatic heterocycles. The summed E-state index contributed by atoms with van der Waals surface area (Å²) >= 11 is 0. The van der Waals surface area contributed by atoms with Gasteiger partial charge in [-0.15, -0.1) is 5.10 Å². The molecule has 0 radical (unpaired) electrons. The molecule has 0 fully saturated rings. The van der Waals surface area contributed by atoms with Gasteiger partial charge in [0.25, 0.3) is 5.91 Å². The molecule has 0 unspecified atom stereocenters. The Morgan fingerprint density at radius 1 is 1.09 bits per heavy atom. The average Bonchev–Trinajstić information content (AvgIpc) is 2.78. The number of anilines is 1. The Balaban J connectivity index is 1.58. The number of benzene rings is 1. The van der Waals surface area contributed by atoms with Crippen LogP contribution in [0.15, 0.2) is 48.7 Å². The molecule has 168 valence electrons. The zero-order chi connectivity index (χ0) is 23.1. The van der Waals surface area contributed by atoms with Crippen molar-refractivity contribution in [3.05, 3.63) is 65.9 Å². The lowest BCUT2D eigenvalue weighted by molar-refractivity contribution is -0.154. The van der Waals surface area contributed by atoms with E-state index in [2.05, 4.69) is 30.6 Å². The van der Waals surface area contributed by atoms with Crippen molar-refractivity contribution < 1.29 is 31.8 Å². The smallest absolute Gasteiger partial charge is 0.422 e. The zero-order valence-corrected chi connectivity index (χ0v) is 16.6. The lowest BCUT2D eigenvalue weighted by Gasteiger charge is -2.11. The Hall–Kier alpha value is -3.96. The minimum absolute atomic E-state index is 0.0597. The van der Waals surface area contributed by atoms with Gasteiger partial charge in [-0.05, 0) is 24.3 Å². The van der Waals surface area contributed by atoms with E-state index in [0.717, 1.165) is 0 Å². The molecule has 8 nitrogen and oxygen atoms in total. The molecule has 0 aliphatic carbocycles. The number of nitrogens with one attached hydrogen (secondary N) is 2. The molecule has 3 aromatic rings. The second-order valence-electron chi connectivity index (χ2n) is 6.32. The fourth-order valence-corrected chi connectivity index (χ4v) is 2.41. The molecule has 2 aromatic heterocycles. The average molecular weight is 451 g/mol. The summed E-state index contributed by atoms with van der Waals surface area (Å²) in [6.45, 7) is -1.31. The highest BCUT2D eigenvalue weighted by Crippen LogP contribution is 2.27. The van der Waals surface area contributed by atoms with Gasteiger partial charge in [-0.25, -0.2) is 4.39 Å². The Bertz CT molecular complexity index is 1080. The minimum atomic E-state index is -4.47. The van der Waals surface area contributed by atoms with E-state index in [-0.39, 0.29) is 29.6 Å². The number of nitrogens with zero attached hydrogens (tertiary/aromatic N) is 3. The molecule has 0 saturated heterocycles. The molecule has 2 heterocycles. The van der Waals surface area contributed by atoms with Gasteiger partial charge in [0.05, 0.1) is 12.2 Å². The van der Waals surface area contributed by atoms with E-state index >= 15 is 0 Å². The van der Waals surface area contributed by atoms with Gasteiger partial charge in [-0.1, -0.05) is 0 Å². The standard InChI is InChI=1S/C20H17F4N5O3/c1-25-19(30)16-9-14(6-7-26-16)32-17-4-2-12(8-15(17)21)27-10-13-3-5-18(29-28-13)31-11-20(22,23)24/h2-9,27H,10-11H2,1H3,(H,25,30). The molecule has 0 spiro atoms. The van der Waals surface area contributed by atoms with Gasteiger partial charge in [-0.3, -0.25) is 9.78 Å². The number of carbonyl (C=O) groups excluding carboxylic acids is 1. The van der Waals surface area contributed by atoms with Crippen LogP contribution in [0.1, 0.15) is 16.2 Å². The number of rotatable bonds is 8. The van der Waals surface area contributed by atoms with E-state index < -0.39 is 24.5 Å². The number of halogens is 4. The van der Waals surface area contributed by atoms with Crippen molar-refractivity contribution in [2.24, 2.45) is 0 Å². The summed E-state index contributed by atoms with van der Waals surface area (Å²) in [5, 5.41) is 12.7. The summed E-state index contributed by atoms with van der Waals surface area (Å²) < 4.78 is 60.8. The van der Waals surface area contributed by atoms with Gasteiger partial charge in [0.2, 0.25) is 5.88 Å². The predicted molar refractivity (Wildman–Crippen MR) is 105 cm³/mol. The van der Waals surface area contributed by atoms with Crippen LogP contribution in [0, 0.1) is 5.82 Å². The predicted octanol–water partition coefficient (Wildman–Crippen LogP) is 3.72. The first-order valence-electron chi connectivity index (χ1n) is 9.15. The van der Waals surface area contributed by atoms with Crippen LogP contribution in [-0.4, -0.2) is 40.9 Å². The van der Waals surface area contributed by atoms with Crippen molar-refractivity contribution in [3.63, 3.8) is 0 Å². The first-order valence-corrected chi connectivity index (χ1v) is 9.15. The Morgan fingerprint density at radius 3 is 2.56 bits per heavy atom. The van der Waals surface area contributed by atoms with E-state index in [1.54, 1.807) is 6.07 Å². The summed E-state index contributed by atoms with van der Waals surface area (Å²) in [7, 11) is 1.46. The van der Waals surface area contributed by atoms with E-state index in [0.29, 0.717) is 11.4 Å². The number of hydrogen-bond acceptors (Lipinski definition) is 7. The summed E-state index contributed by atoms with van der Waals surface area (Å²) in [5.41, 5.74) is 0.943. The molecule has 0 aliphatic rings. The Kier molecular flexibility index (Phi) is 7.03. The maximum atomic E-state index is 14.4. The topological polar surface area (TPSA) is 98.3 Å². The molecule has 0 atom stereocenters. The third-order valence-corrected chi connectivity index (χ3v) is 3.90. The lowest BCUT2D eigenvalue weighted by atomic mass is 10.2. The fourth-order valence-electron chi connectivity index (χ4n) is 2.41. The summed E-state index contributed by atoms with van der Waals surface area (Å²) in [5.74, 6) is -1.14. The van der Waals surface area contributed by atoms with Gasteiger partial charge < -0.3 is 20.1 Å². The van der Waals surface area contributed by atoms with Gasteiger partial charge >= 0.3 is 6.18 Å². The van der Waals surface area contributed by atoms with E-state index in [1.165, 1.54) is 49.6 Å². The highest BCUT2D eigenvalue weighted by molar-refractivity contribution is 5.92. The Morgan fingerprint density at radius 2 is 1.91 bits per heavy atom. The molecule has 1 amide bonds. The van der Waals surface area contributed by atoms with Gasteiger partial charge in [0.1, 0.15) is 11.4 Å². The number of hydrogen-bond donors (Lipinski definition) is 2. The van der Waals surface area contributed by atoms with Crippen LogP contribution >= 0.6 is 0 Å². The van der Waals surface area contributed by atoms with Crippen LogP contribution in [0.25, 0.3) is 0 Å². The number of alkyl halides is 3. The van der Waals surface area contributed by atoms with E-state index in [9.17, 15) is 22.4 Å². The summed E-state index contributed by atoms with van der Waals surface area (Å²) in [6.07, 6.45) is -3.10. The molecule has 1 aromatic carbocycles. The maximum absolute atomic E-state index is 14.4.